The lowest BCUT2D eigenvalue weighted by Crippen LogP contribution is -2.23. The minimum Gasteiger partial charge on any atom is -0.361 e. The van der Waals surface area contributed by atoms with Gasteiger partial charge in [-0.05, 0) is 19.4 Å². The highest BCUT2D eigenvalue weighted by Gasteiger charge is 2.09. The Bertz CT molecular complexity index is 532. The van der Waals surface area contributed by atoms with E-state index < -0.39 is 0 Å². The number of nitrogens with one attached hydrogen (secondary N) is 1. The zero-order valence-corrected chi connectivity index (χ0v) is 9.86. The Hall–Kier alpha value is -2.10. The molecule has 1 N–H and O–H groups in total. The van der Waals surface area contributed by atoms with E-state index in [9.17, 15) is 4.79 Å². The van der Waals surface area contributed by atoms with Crippen molar-refractivity contribution in [3.8, 4) is 0 Å². The number of carbonyl (C=O) groups excluding carboxylic acids is 1. The summed E-state index contributed by atoms with van der Waals surface area (Å²) < 4.78 is 4.85. The van der Waals surface area contributed by atoms with Crippen molar-refractivity contribution in [1.29, 1.82) is 0 Å². The van der Waals surface area contributed by atoms with Gasteiger partial charge in [-0.2, -0.15) is 0 Å². The van der Waals surface area contributed by atoms with E-state index in [1.165, 1.54) is 5.56 Å². The highest BCUT2D eigenvalue weighted by Crippen LogP contribution is 2.05. The van der Waals surface area contributed by atoms with Gasteiger partial charge < -0.3 is 9.84 Å². The lowest BCUT2D eigenvalue weighted by molar-refractivity contribution is 0.0942. The van der Waals surface area contributed by atoms with Gasteiger partial charge in [-0.3, -0.25) is 4.79 Å². The minimum atomic E-state index is -0.219. The third-order valence-corrected chi connectivity index (χ3v) is 2.40. The Morgan fingerprint density at radius 2 is 2.18 bits per heavy atom. The third kappa shape index (κ3) is 2.93. The lowest BCUT2D eigenvalue weighted by Gasteiger charge is -2.03. The number of aryl methyl sites for hydroxylation is 2. The van der Waals surface area contributed by atoms with Crippen molar-refractivity contribution in [2.24, 2.45) is 0 Å². The molecule has 17 heavy (non-hydrogen) atoms. The highest BCUT2D eigenvalue weighted by atomic mass is 16.5. The maximum absolute atomic E-state index is 11.7. The van der Waals surface area contributed by atoms with Crippen molar-refractivity contribution in [2.75, 3.05) is 0 Å². The fourth-order valence-electron chi connectivity index (χ4n) is 1.57. The summed E-state index contributed by atoms with van der Waals surface area (Å²) in [5, 5.41) is 6.45. The molecule has 0 aliphatic carbocycles. The van der Waals surface area contributed by atoms with Crippen LogP contribution in [0.1, 0.15) is 27.4 Å². The Balaban J connectivity index is 1.97. The van der Waals surface area contributed by atoms with Crippen molar-refractivity contribution in [1.82, 2.24) is 10.5 Å². The number of hydrogen-bond acceptors (Lipinski definition) is 3. The standard InChI is InChI=1S/C13H14N2O2/c1-9-4-3-5-11(6-9)8-14-13(16)12-7-10(2)17-15-12/h3-7H,8H2,1-2H3,(H,14,16). The number of benzene rings is 1. The summed E-state index contributed by atoms with van der Waals surface area (Å²) in [6.45, 7) is 4.27. The Kier molecular flexibility index (Phi) is 3.23. The van der Waals surface area contributed by atoms with Crippen molar-refractivity contribution in [3.63, 3.8) is 0 Å². The molecule has 1 amide bonds. The molecule has 4 heteroatoms. The first-order valence-electron chi connectivity index (χ1n) is 5.42. The van der Waals surface area contributed by atoms with Gasteiger partial charge in [0.25, 0.3) is 5.91 Å². The van der Waals surface area contributed by atoms with Gasteiger partial charge in [-0.25, -0.2) is 0 Å². The molecule has 0 spiro atoms. The average molecular weight is 230 g/mol. The second-order valence-corrected chi connectivity index (χ2v) is 3.99. The smallest absolute Gasteiger partial charge is 0.273 e. The number of rotatable bonds is 3. The minimum absolute atomic E-state index is 0.219. The molecule has 0 saturated carbocycles. The monoisotopic (exact) mass is 230 g/mol. The second-order valence-electron chi connectivity index (χ2n) is 3.99. The van der Waals surface area contributed by atoms with E-state index in [2.05, 4.69) is 10.5 Å². The van der Waals surface area contributed by atoms with E-state index in [0.717, 1.165) is 5.56 Å². The van der Waals surface area contributed by atoms with Gasteiger partial charge in [0.2, 0.25) is 0 Å². The zero-order valence-electron chi connectivity index (χ0n) is 9.86. The van der Waals surface area contributed by atoms with E-state index in [0.29, 0.717) is 18.0 Å². The van der Waals surface area contributed by atoms with Gasteiger partial charge in [0.1, 0.15) is 5.76 Å². The summed E-state index contributed by atoms with van der Waals surface area (Å²) >= 11 is 0. The van der Waals surface area contributed by atoms with Crippen LogP contribution in [0.5, 0.6) is 0 Å². The highest BCUT2D eigenvalue weighted by molar-refractivity contribution is 5.92. The third-order valence-electron chi connectivity index (χ3n) is 2.40. The van der Waals surface area contributed by atoms with Crippen LogP contribution < -0.4 is 5.32 Å². The second kappa shape index (κ2) is 4.82. The molecule has 2 rings (SSSR count). The normalized spacial score (nSPS) is 10.2. The van der Waals surface area contributed by atoms with Crippen LogP contribution in [0.3, 0.4) is 0 Å². The summed E-state index contributed by atoms with van der Waals surface area (Å²) in [6, 6.07) is 9.62. The molecule has 0 unspecified atom stereocenters. The van der Waals surface area contributed by atoms with Gasteiger partial charge >= 0.3 is 0 Å². The molecule has 4 nitrogen and oxygen atoms in total. The van der Waals surface area contributed by atoms with Crippen LogP contribution in [0, 0.1) is 13.8 Å². The molecule has 0 aliphatic rings. The van der Waals surface area contributed by atoms with Gasteiger partial charge in [-0.15, -0.1) is 0 Å². The molecular formula is C13H14N2O2. The first-order valence-corrected chi connectivity index (χ1v) is 5.42. The lowest BCUT2D eigenvalue weighted by atomic mass is 10.1. The first-order chi connectivity index (χ1) is 8.15. The van der Waals surface area contributed by atoms with Gasteiger partial charge in [-0.1, -0.05) is 35.0 Å². The Labute approximate surface area is 99.6 Å². The zero-order chi connectivity index (χ0) is 12.3. The molecule has 2 aromatic rings. The average Bonchev–Trinajstić information content (AvgIpc) is 2.73. The van der Waals surface area contributed by atoms with Crippen molar-refractivity contribution >= 4 is 5.91 Å². The molecule has 0 fully saturated rings. The van der Waals surface area contributed by atoms with Crippen molar-refractivity contribution in [2.45, 2.75) is 20.4 Å². The first kappa shape index (κ1) is 11.4. The van der Waals surface area contributed by atoms with Gasteiger partial charge in [0, 0.05) is 12.6 Å². The fourth-order valence-corrected chi connectivity index (χ4v) is 1.57. The van der Waals surface area contributed by atoms with Gasteiger partial charge in [0.15, 0.2) is 5.69 Å². The Morgan fingerprint density at radius 3 is 2.82 bits per heavy atom. The predicted molar refractivity (Wildman–Crippen MR) is 63.6 cm³/mol. The van der Waals surface area contributed by atoms with Crippen LogP contribution in [-0.4, -0.2) is 11.1 Å². The molecule has 0 aliphatic heterocycles. The van der Waals surface area contributed by atoms with Crippen LogP contribution in [0.2, 0.25) is 0 Å². The number of nitrogens with zero attached hydrogens (tertiary/aromatic N) is 1. The molecular weight excluding hydrogens is 216 g/mol. The van der Waals surface area contributed by atoms with E-state index in [1.807, 2.05) is 31.2 Å². The maximum Gasteiger partial charge on any atom is 0.273 e. The van der Waals surface area contributed by atoms with E-state index in [4.69, 9.17) is 4.52 Å². The van der Waals surface area contributed by atoms with Crippen molar-refractivity contribution in [3.05, 3.63) is 52.9 Å². The summed E-state index contributed by atoms with van der Waals surface area (Å²) in [4.78, 5) is 11.7. The van der Waals surface area contributed by atoms with E-state index >= 15 is 0 Å². The topological polar surface area (TPSA) is 55.1 Å². The largest absolute Gasteiger partial charge is 0.361 e. The van der Waals surface area contributed by atoms with E-state index in [1.54, 1.807) is 13.0 Å². The quantitative estimate of drug-likeness (QED) is 0.879. The van der Waals surface area contributed by atoms with Crippen LogP contribution in [0.4, 0.5) is 0 Å². The van der Waals surface area contributed by atoms with Crippen molar-refractivity contribution < 1.29 is 9.32 Å². The summed E-state index contributed by atoms with van der Waals surface area (Å²) in [7, 11) is 0. The summed E-state index contributed by atoms with van der Waals surface area (Å²) in [6.07, 6.45) is 0. The molecule has 0 saturated heterocycles. The summed E-state index contributed by atoms with van der Waals surface area (Å²) in [5.41, 5.74) is 2.56. The van der Waals surface area contributed by atoms with Gasteiger partial charge in [0.05, 0.1) is 0 Å². The van der Waals surface area contributed by atoms with Crippen LogP contribution in [0.25, 0.3) is 0 Å². The molecule has 88 valence electrons. The molecule has 1 aromatic heterocycles. The van der Waals surface area contributed by atoms with E-state index in [-0.39, 0.29) is 5.91 Å². The predicted octanol–water partition coefficient (Wildman–Crippen LogP) is 2.22. The molecule has 1 aromatic carbocycles. The molecule has 0 atom stereocenters. The number of amides is 1. The summed E-state index contributed by atoms with van der Waals surface area (Å²) in [5.74, 6) is 0.411. The number of carbonyl (C=O) groups is 1. The Morgan fingerprint density at radius 1 is 1.35 bits per heavy atom. The number of hydrogen-bond donors (Lipinski definition) is 1. The number of aromatic nitrogens is 1. The van der Waals surface area contributed by atoms with Crippen LogP contribution in [-0.2, 0) is 6.54 Å². The molecule has 0 radical (unpaired) electrons. The SMILES string of the molecule is Cc1cccc(CNC(=O)c2cc(C)on2)c1. The van der Waals surface area contributed by atoms with Crippen LogP contribution in [0.15, 0.2) is 34.9 Å². The van der Waals surface area contributed by atoms with Crippen LogP contribution >= 0.6 is 0 Å². The maximum atomic E-state index is 11.7. The molecule has 1 heterocycles. The molecule has 0 bridgehead atoms. The fraction of sp³-hybridized carbons (Fsp3) is 0.231.